The molecule has 4 aromatic heterocycles. The highest BCUT2D eigenvalue weighted by atomic mass is 16.3. The molecule has 4 heterocycles. The van der Waals surface area contributed by atoms with Crippen LogP contribution in [0.5, 0.6) is 0 Å². The van der Waals surface area contributed by atoms with Crippen molar-refractivity contribution in [1.29, 1.82) is 0 Å². The van der Waals surface area contributed by atoms with Crippen molar-refractivity contribution in [3.05, 3.63) is 224 Å². The maximum atomic E-state index is 6.69. The quantitative estimate of drug-likeness (QED) is 0.167. The maximum Gasteiger partial charge on any atom is 0.166 e. The van der Waals surface area contributed by atoms with Crippen LogP contribution in [0.15, 0.2) is 229 Å². The van der Waals surface area contributed by atoms with Gasteiger partial charge in [0.2, 0.25) is 0 Å². The van der Waals surface area contributed by atoms with Gasteiger partial charge in [-0.05, 0) is 88.6 Å². The molecule has 6 nitrogen and oxygen atoms in total. The molecule has 0 aliphatic heterocycles. The minimum atomic E-state index is 0.545. The molecule has 67 heavy (non-hydrogen) atoms. The van der Waals surface area contributed by atoms with E-state index >= 15 is 0 Å². The van der Waals surface area contributed by atoms with Gasteiger partial charge < -0.3 is 13.6 Å². The number of para-hydroxylation sites is 5. The van der Waals surface area contributed by atoms with Crippen LogP contribution in [-0.2, 0) is 0 Å². The highest BCUT2D eigenvalue weighted by molar-refractivity contribution is 6.18. The third-order valence-corrected chi connectivity index (χ3v) is 13.3. The van der Waals surface area contributed by atoms with E-state index < -0.39 is 0 Å². The van der Waals surface area contributed by atoms with Gasteiger partial charge in [-0.15, -0.1) is 0 Å². The van der Waals surface area contributed by atoms with Gasteiger partial charge in [0.25, 0.3) is 0 Å². The van der Waals surface area contributed by atoms with E-state index in [0.29, 0.717) is 17.5 Å². The van der Waals surface area contributed by atoms with E-state index in [-0.39, 0.29) is 0 Å². The monoisotopic (exact) mass is 855 g/mol. The van der Waals surface area contributed by atoms with E-state index in [0.717, 1.165) is 94.0 Å². The van der Waals surface area contributed by atoms with Gasteiger partial charge in [-0.1, -0.05) is 158 Å². The molecular weight excluding hydrogens is 819 g/mol. The molecule has 0 amide bonds. The summed E-state index contributed by atoms with van der Waals surface area (Å²) < 4.78 is 11.4. The van der Waals surface area contributed by atoms with Crippen molar-refractivity contribution in [2.75, 3.05) is 0 Å². The smallest absolute Gasteiger partial charge is 0.166 e. The van der Waals surface area contributed by atoms with Gasteiger partial charge in [0.05, 0.1) is 33.3 Å². The minimum Gasteiger partial charge on any atom is -0.456 e. The number of fused-ring (bicyclic) bond motifs is 10. The molecule has 0 N–H and O–H groups in total. The third kappa shape index (κ3) is 5.80. The zero-order valence-electron chi connectivity index (χ0n) is 36.0. The summed E-state index contributed by atoms with van der Waals surface area (Å²) in [5.74, 6) is 1.68. The van der Waals surface area contributed by atoms with Crippen LogP contribution in [0.25, 0.3) is 133 Å². The zero-order chi connectivity index (χ0) is 44.0. The summed E-state index contributed by atoms with van der Waals surface area (Å²) >= 11 is 0. The topological polar surface area (TPSA) is 61.7 Å². The predicted octanol–water partition coefficient (Wildman–Crippen LogP) is 15.8. The molecule has 14 aromatic rings. The predicted molar refractivity (Wildman–Crippen MR) is 275 cm³/mol. The number of hydrogen-bond acceptors (Lipinski definition) is 4. The van der Waals surface area contributed by atoms with Gasteiger partial charge in [-0.25, -0.2) is 15.0 Å². The Morgan fingerprint density at radius 1 is 0.343 bits per heavy atom. The van der Waals surface area contributed by atoms with Crippen LogP contribution in [0, 0.1) is 0 Å². The van der Waals surface area contributed by atoms with Crippen molar-refractivity contribution in [2.45, 2.75) is 0 Å². The van der Waals surface area contributed by atoms with Crippen molar-refractivity contribution in [3.63, 3.8) is 0 Å². The van der Waals surface area contributed by atoms with Gasteiger partial charge in [-0.2, -0.15) is 0 Å². The average Bonchev–Trinajstić information content (AvgIpc) is 4.06. The van der Waals surface area contributed by atoms with Gasteiger partial charge in [0.1, 0.15) is 11.2 Å². The summed E-state index contributed by atoms with van der Waals surface area (Å²) in [6, 6.07) is 79.1. The SMILES string of the molecule is c1ccc(-c2cccc(-c3nc(-c4c(-n5c6ccccc6c6cc7ccccc7cc65)ccc5oc6ccccc6c45)nc(-c4cccc5c6ccccc6n(-c6ccccc6)c45)n3)c2)cc1. The average molecular weight is 856 g/mol. The van der Waals surface area contributed by atoms with Gasteiger partial charge in [0, 0.05) is 49.1 Å². The van der Waals surface area contributed by atoms with Crippen LogP contribution < -0.4 is 0 Å². The Kier molecular flexibility index (Phi) is 8.18. The van der Waals surface area contributed by atoms with Crippen LogP contribution in [0.4, 0.5) is 0 Å². The van der Waals surface area contributed by atoms with Gasteiger partial charge >= 0.3 is 0 Å². The van der Waals surface area contributed by atoms with Crippen molar-refractivity contribution < 1.29 is 4.42 Å². The second-order valence-corrected chi connectivity index (χ2v) is 17.1. The lowest BCUT2D eigenvalue weighted by Crippen LogP contribution is -2.05. The first-order valence-electron chi connectivity index (χ1n) is 22.6. The Morgan fingerprint density at radius 2 is 0.940 bits per heavy atom. The molecule has 0 saturated carbocycles. The normalized spacial score (nSPS) is 11.9. The second-order valence-electron chi connectivity index (χ2n) is 17.1. The van der Waals surface area contributed by atoms with Crippen molar-refractivity contribution >= 4 is 76.3 Å². The van der Waals surface area contributed by atoms with Crippen LogP contribution in [0.3, 0.4) is 0 Å². The molecule has 0 aliphatic carbocycles. The van der Waals surface area contributed by atoms with Crippen LogP contribution in [0.1, 0.15) is 0 Å². The summed E-state index contributed by atoms with van der Waals surface area (Å²) in [5, 5.41) is 8.91. The lowest BCUT2D eigenvalue weighted by atomic mass is 10.0. The van der Waals surface area contributed by atoms with E-state index in [1.54, 1.807) is 0 Å². The summed E-state index contributed by atoms with van der Waals surface area (Å²) in [6.07, 6.45) is 0. The van der Waals surface area contributed by atoms with Crippen molar-refractivity contribution in [3.8, 4) is 56.7 Å². The standard InChI is InChI=1S/C61H37N5O/c1-3-17-38(18-4-1)39-21-15-22-42(35-39)59-62-60(48-29-16-28-46-44-25-9-12-30-50(44)65(58(46)48)43-23-5-2-6-24-43)64-61(63-59)57-52(33-34-55-56(57)47-27-11-14-32-54(47)67-55)66-51-31-13-10-26-45(51)49-36-40-19-7-8-20-41(40)37-53(49)66/h1-37H. The van der Waals surface area contributed by atoms with Gasteiger partial charge in [0.15, 0.2) is 17.5 Å². The lowest BCUT2D eigenvalue weighted by Gasteiger charge is -2.17. The fourth-order valence-electron chi connectivity index (χ4n) is 10.4. The largest absolute Gasteiger partial charge is 0.456 e. The first-order chi connectivity index (χ1) is 33.2. The Labute approximate surface area is 384 Å². The number of nitrogens with zero attached hydrogens (tertiary/aromatic N) is 5. The zero-order valence-corrected chi connectivity index (χ0v) is 36.0. The highest BCUT2D eigenvalue weighted by Crippen LogP contribution is 2.45. The Bertz CT molecular complexity index is 4280. The molecule has 14 rings (SSSR count). The van der Waals surface area contributed by atoms with Crippen molar-refractivity contribution in [1.82, 2.24) is 24.1 Å². The summed E-state index contributed by atoms with van der Waals surface area (Å²) in [6.45, 7) is 0. The lowest BCUT2D eigenvalue weighted by molar-refractivity contribution is 0.669. The molecule has 0 aliphatic rings. The van der Waals surface area contributed by atoms with E-state index in [1.807, 2.05) is 18.2 Å². The first-order valence-corrected chi connectivity index (χ1v) is 22.6. The number of rotatable bonds is 6. The molecular formula is C61H37N5O. The molecule has 0 atom stereocenters. The molecule has 10 aromatic carbocycles. The molecule has 0 saturated heterocycles. The third-order valence-electron chi connectivity index (χ3n) is 13.3. The highest BCUT2D eigenvalue weighted by Gasteiger charge is 2.26. The number of hydrogen-bond donors (Lipinski definition) is 0. The molecule has 0 fully saturated rings. The Balaban J connectivity index is 1.13. The van der Waals surface area contributed by atoms with E-state index in [2.05, 4.69) is 215 Å². The van der Waals surface area contributed by atoms with E-state index in [4.69, 9.17) is 19.4 Å². The molecule has 0 spiro atoms. The summed E-state index contributed by atoms with van der Waals surface area (Å²) in [4.78, 5) is 16.7. The fourth-order valence-corrected chi connectivity index (χ4v) is 10.4. The number of aromatic nitrogens is 5. The first kappa shape index (κ1) is 37.3. The van der Waals surface area contributed by atoms with E-state index in [9.17, 15) is 0 Å². The van der Waals surface area contributed by atoms with Crippen molar-refractivity contribution in [2.24, 2.45) is 0 Å². The van der Waals surface area contributed by atoms with Crippen LogP contribution >= 0.6 is 0 Å². The number of benzene rings is 10. The van der Waals surface area contributed by atoms with Crippen LogP contribution in [-0.4, -0.2) is 24.1 Å². The Hall–Kier alpha value is -9.13. The molecule has 312 valence electrons. The molecule has 0 radical (unpaired) electrons. The van der Waals surface area contributed by atoms with Gasteiger partial charge in [-0.3, -0.25) is 0 Å². The maximum absolute atomic E-state index is 6.69. The minimum absolute atomic E-state index is 0.545. The number of furan rings is 1. The molecule has 0 unspecified atom stereocenters. The Morgan fingerprint density at radius 3 is 1.76 bits per heavy atom. The fraction of sp³-hybridized carbons (Fsp3) is 0. The summed E-state index contributed by atoms with van der Waals surface area (Å²) in [7, 11) is 0. The van der Waals surface area contributed by atoms with E-state index in [1.165, 1.54) is 21.5 Å². The van der Waals surface area contributed by atoms with Crippen LogP contribution in [0.2, 0.25) is 0 Å². The second kappa shape index (κ2) is 14.7. The summed E-state index contributed by atoms with van der Waals surface area (Å²) in [5.41, 5.74) is 12.7. The molecule has 6 heteroatoms. The molecule has 0 bridgehead atoms.